The number of aliphatic hydroxyl groups is 2. The van der Waals surface area contributed by atoms with Crippen LogP contribution in [0.5, 0.6) is 5.75 Å². The molecule has 1 aromatic carbocycles. The molecule has 0 amide bonds. The van der Waals surface area contributed by atoms with Crippen molar-refractivity contribution in [2.75, 3.05) is 5.73 Å². The Labute approximate surface area is 97.3 Å². The molecule has 6 heteroatoms. The molecule has 2 atom stereocenters. The maximum atomic E-state index is 9.67. The number of hydrogen-bond acceptors (Lipinski definition) is 5. The Bertz CT molecular complexity index is 431. The highest BCUT2D eigenvalue weighted by molar-refractivity contribution is 6.31. The number of phenols is 1. The predicted molar refractivity (Wildman–Crippen MR) is 58.7 cm³/mol. The summed E-state index contributed by atoms with van der Waals surface area (Å²) in [6.45, 7) is 0. The van der Waals surface area contributed by atoms with Crippen LogP contribution in [0.4, 0.5) is 5.69 Å². The van der Waals surface area contributed by atoms with E-state index in [1.807, 2.05) is 0 Å². The van der Waals surface area contributed by atoms with Crippen LogP contribution < -0.4 is 5.73 Å². The monoisotopic (exact) mass is 242 g/mol. The van der Waals surface area contributed by atoms with Crippen molar-refractivity contribution in [1.82, 2.24) is 0 Å². The number of anilines is 1. The van der Waals surface area contributed by atoms with E-state index < -0.39 is 12.2 Å². The van der Waals surface area contributed by atoms with Gasteiger partial charge in [-0.1, -0.05) is 11.6 Å². The Morgan fingerprint density at radius 3 is 2.62 bits per heavy atom. The molecule has 0 spiro atoms. The Morgan fingerprint density at radius 1 is 1.44 bits per heavy atom. The number of nitrogens with zero attached hydrogens (tertiary/aromatic N) is 1. The highest BCUT2D eigenvalue weighted by Gasteiger charge is 2.22. The van der Waals surface area contributed by atoms with Gasteiger partial charge >= 0.3 is 0 Å². The number of nitrogen functional groups attached to an aromatic ring is 1. The fourth-order valence-corrected chi connectivity index (χ4v) is 1.52. The Hall–Kier alpha value is -1.48. The van der Waals surface area contributed by atoms with Gasteiger partial charge in [0.05, 0.1) is 24.3 Å². The summed E-state index contributed by atoms with van der Waals surface area (Å²) in [5, 5.41) is 37.3. The van der Waals surface area contributed by atoms with Crippen LogP contribution in [0, 0.1) is 11.3 Å². The lowest BCUT2D eigenvalue weighted by atomic mass is 10.0. The molecule has 16 heavy (non-hydrogen) atoms. The normalized spacial score (nSPS) is 14.1. The van der Waals surface area contributed by atoms with Gasteiger partial charge in [-0.15, -0.1) is 0 Å². The first-order valence-electron chi connectivity index (χ1n) is 4.48. The number of benzene rings is 1. The van der Waals surface area contributed by atoms with Gasteiger partial charge in [-0.3, -0.25) is 0 Å². The van der Waals surface area contributed by atoms with Crippen molar-refractivity contribution in [3.63, 3.8) is 0 Å². The summed E-state index contributed by atoms with van der Waals surface area (Å²) in [4.78, 5) is 0. The molecule has 0 aliphatic rings. The number of hydrogen-bond donors (Lipinski definition) is 4. The molecule has 5 nitrogen and oxygen atoms in total. The highest BCUT2D eigenvalue weighted by atomic mass is 35.5. The molecule has 0 aliphatic heterocycles. The predicted octanol–water partition coefficient (Wildman–Crippen LogP) is 0.936. The van der Waals surface area contributed by atoms with E-state index in [1.54, 1.807) is 6.07 Å². The van der Waals surface area contributed by atoms with Crippen molar-refractivity contribution in [3.8, 4) is 11.8 Å². The molecule has 0 fully saturated rings. The standard InChI is InChI=1S/C10H11ClN2O3/c11-5-3-6(9(15)7(13)4-5)10(16)8(14)1-2-12/h3-4,8,10,14-16H,1,13H2. The van der Waals surface area contributed by atoms with Gasteiger partial charge in [0.25, 0.3) is 0 Å². The number of nitrogens with two attached hydrogens (primary N) is 1. The summed E-state index contributed by atoms with van der Waals surface area (Å²) in [6, 6.07) is 4.32. The number of aliphatic hydroxyl groups excluding tert-OH is 2. The van der Waals surface area contributed by atoms with Crippen molar-refractivity contribution >= 4 is 17.3 Å². The lowest BCUT2D eigenvalue weighted by molar-refractivity contribution is 0.0203. The second-order valence-electron chi connectivity index (χ2n) is 3.31. The van der Waals surface area contributed by atoms with Crippen LogP contribution in [-0.2, 0) is 0 Å². The lowest BCUT2D eigenvalue weighted by Gasteiger charge is -2.17. The molecule has 0 aromatic heterocycles. The molecule has 0 bridgehead atoms. The topological polar surface area (TPSA) is 110 Å². The van der Waals surface area contributed by atoms with Gasteiger partial charge in [0.1, 0.15) is 11.9 Å². The van der Waals surface area contributed by atoms with E-state index in [1.165, 1.54) is 12.1 Å². The lowest BCUT2D eigenvalue weighted by Crippen LogP contribution is -2.17. The fourth-order valence-electron chi connectivity index (χ4n) is 1.28. The fraction of sp³-hybridized carbons (Fsp3) is 0.300. The van der Waals surface area contributed by atoms with E-state index in [0.29, 0.717) is 0 Å². The minimum atomic E-state index is -1.40. The van der Waals surface area contributed by atoms with E-state index in [2.05, 4.69) is 0 Å². The second-order valence-corrected chi connectivity index (χ2v) is 3.74. The van der Waals surface area contributed by atoms with Gasteiger partial charge in [-0.25, -0.2) is 0 Å². The minimum Gasteiger partial charge on any atom is -0.505 e. The molecule has 0 saturated heterocycles. The summed E-state index contributed by atoms with van der Waals surface area (Å²) in [5.41, 5.74) is 5.45. The molecule has 0 aliphatic carbocycles. The molecule has 0 saturated carbocycles. The van der Waals surface area contributed by atoms with E-state index in [9.17, 15) is 15.3 Å². The van der Waals surface area contributed by atoms with Gasteiger partial charge in [-0.2, -0.15) is 5.26 Å². The van der Waals surface area contributed by atoms with Gasteiger partial charge in [0.2, 0.25) is 0 Å². The summed E-state index contributed by atoms with van der Waals surface area (Å²) >= 11 is 5.70. The van der Waals surface area contributed by atoms with Crippen LogP contribution in [0.2, 0.25) is 5.02 Å². The number of aromatic hydroxyl groups is 1. The number of nitriles is 1. The van der Waals surface area contributed by atoms with Crippen LogP contribution in [0.15, 0.2) is 12.1 Å². The van der Waals surface area contributed by atoms with Crippen molar-refractivity contribution < 1.29 is 15.3 Å². The third-order valence-corrected chi connectivity index (χ3v) is 2.34. The largest absolute Gasteiger partial charge is 0.505 e. The van der Waals surface area contributed by atoms with Crippen molar-refractivity contribution in [2.45, 2.75) is 18.6 Å². The van der Waals surface area contributed by atoms with Crippen molar-refractivity contribution in [1.29, 1.82) is 5.26 Å². The zero-order chi connectivity index (χ0) is 12.3. The zero-order valence-electron chi connectivity index (χ0n) is 8.26. The summed E-state index contributed by atoms with van der Waals surface area (Å²) in [7, 11) is 0. The molecule has 0 heterocycles. The van der Waals surface area contributed by atoms with E-state index in [-0.39, 0.29) is 28.4 Å². The van der Waals surface area contributed by atoms with Crippen molar-refractivity contribution in [2.24, 2.45) is 0 Å². The van der Waals surface area contributed by atoms with E-state index in [4.69, 9.17) is 22.6 Å². The third kappa shape index (κ3) is 2.55. The molecule has 1 rings (SSSR count). The first kappa shape index (κ1) is 12.6. The number of halogens is 1. The van der Waals surface area contributed by atoms with E-state index >= 15 is 0 Å². The highest BCUT2D eigenvalue weighted by Crippen LogP contribution is 2.35. The Kier molecular flexibility index (Phi) is 3.96. The summed E-state index contributed by atoms with van der Waals surface area (Å²) in [6.07, 6.45) is -2.96. The quantitative estimate of drug-likeness (QED) is 0.466. The molecule has 1 aromatic rings. The average Bonchev–Trinajstić information content (AvgIpc) is 2.22. The van der Waals surface area contributed by atoms with Crippen LogP contribution in [-0.4, -0.2) is 21.4 Å². The summed E-state index contributed by atoms with van der Waals surface area (Å²) in [5.74, 6) is -0.339. The second kappa shape index (κ2) is 5.03. The molecule has 86 valence electrons. The van der Waals surface area contributed by atoms with Crippen molar-refractivity contribution in [3.05, 3.63) is 22.7 Å². The molecule has 5 N–H and O–H groups in total. The van der Waals surface area contributed by atoms with Gasteiger partial charge in [-0.05, 0) is 12.1 Å². The Morgan fingerprint density at radius 2 is 2.06 bits per heavy atom. The molecular weight excluding hydrogens is 232 g/mol. The molecule has 2 unspecified atom stereocenters. The molecule has 0 radical (unpaired) electrons. The van der Waals surface area contributed by atoms with Crippen LogP contribution in [0.25, 0.3) is 0 Å². The SMILES string of the molecule is N#CCC(O)C(O)c1cc(Cl)cc(N)c1O. The average molecular weight is 243 g/mol. The van der Waals surface area contributed by atoms with Crippen LogP contribution in [0.3, 0.4) is 0 Å². The van der Waals surface area contributed by atoms with Gasteiger partial charge in [0.15, 0.2) is 0 Å². The van der Waals surface area contributed by atoms with Crippen LogP contribution in [0.1, 0.15) is 18.1 Å². The van der Waals surface area contributed by atoms with Gasteiger partial charge < -0.3 is 21.1 Å². The maximum Gasteiger partial charge on any atom is 0.144 e. The third-order valence-electron chi connectivity index (χ3n) is 2.12. The maximum absolute atomic E-state index is 9.67. The zero-order valence-corrected chi connectivity index (χ0v) is 9.02. The minimum absolute atomic E-state index is 0.00528. The van der Waals surface area contributed by atoms with Gasteiger partial charge in [0, 0.05) is 10.6 Å². The Balaban J connectivity index is 3.08. The summed E-state index contributed by atoms with van der Waals surface area (Å²) < 4.78 is 0. The first-order valence-corrected chi connectivity index (χ1v) is 4.86. The first-order chi connectivity index (χ1) is 7.47. The van der Waals surface area contributed by atoms with Crippen LogP contribution >= 0.6 is 11.6 Å². The molecular formula is C10H11ClN2O3. The smallest absolute Gasteiger partial charge is 0.144 e. The number of phenolic OH excluding ortho intramolecular Hbond substituents is 1. The van der Waals surface area contributed by atoms with E-state index in [0.717, 1.165) is 0 Å². The number of rotatable bonds is 3.